The van der Waals surface area contributed by atoms with Crippen molar-refractivity contribution in [2.75, 3.05) is 0 Å². The first kappa shape index (κ1) is 14.3. The van der Waals surface area contributed by atoms with E-state index in [2.05, 4.69) is 13.8 Å². The van der Waals surface area contributed by atoms with Gasteiger partial charge in [-0.1, -0.05) is 31.5 Å². The Morgan fingerprint density at radius 3 is 2.14 bits per heavy atom. The topological polar surface area (TPSA) is 20.2 Å². The van der Waals surface area contributed by atoms with Gasteiger partial charge in [-0.25, -0.2) is 0 Å². The summed E-state index contributed by atoms with van der Waals surface area (Å²) in [6, 6.07) is 5.70. The van der Waals surface area contributed by atoms with E-state index in [0.29, 0.717) is 11.7 Å². The van der Waals surface area contributed by atoms with Crippen molar-refractivity contribution in [3.8, 4) is 5.75 Å². The van der Waals surface area contributed by atoms with Crippen LogP contribution in [0.25, 0.3) is 0 Å². The predicted molar refractivity (Wildman–Crippen MR) is 58.6 cm³/mol. The maximum atomic E-state index is 9.41. The van der Waals surface area contributed by atoms with Crippen molar-refractivity contribution in [2.24, 2.45) is 0 Å². The molecule has 0 heterocycles. The first-order chi connectivity index (χ1) is 6.52. The molecule has 0 saturated carbocycles. The van der Waals surface area contributed by atoms with E-state index in [0.717, 1.165) is 5.56 Å². The fourth-order valence-corrected chi connectivity index (χ4v) is 1.14. The van der Waals surface area contributed by atoms with E-state index in [1.807, 2.05) is 19.1 Å². The van der Waals surface area contributed by atoms with Crippen molar-refractivity contribution in [1.29, 1.82) is 0 Å². The Morgan fingerprint density at radius 1 is 1.29 bits per heavy atom. The van der Waals surface area contributed by atoms with Crippen molar-refractivity contribution >= 4 is 18.6 Å². The van der Waals surface area contributed by atoms with Crippen molar-refractivity contribution in [3.05, 3.63) is 29.3 Å². The van der Waals surface area contributed by atoms with Crippen LogP contribution in [0.15, 0.2) is 18.2 Å². The molecule has 14 heavy (non-hydrogen) atoms. The van der Waals surface area contributed by atoms with Gasteiger partial charge in [0.05, 0.1) is 0 Å². The van der Waals surface area contributed by atoms with Gasteiger partial charge >= 0.3 is 35.6 Å². The molecule has 0 spiro atoms. The van der Waals surface area contributed by atoms with Crippen LogP contribution in [-0.2, 0) is 17.0 Å². The first-order valence-electron chi connectivity index (χ1n) is 4.28. The summed E-state index contributed by atoms with van der Waals surface area (Å²) in [5.41, 5.74) is 2.23. The van der Waals surface area contributed by atoms with Crippen molar-refractivity contribution in [1.82, 2.24) is 0 Å². The van der Waals surface area contributed by atoms with Gasteiger partial charge in [0.25, 0.3) is 0 Å². The second kappa shape index (κ2) is 7.59. The van der Waals surface area contributed by atoms with E-state index in [9.17, 15) is 5.11 Å². The van der Waals surface area contributed by atoms with E-state index in [4.69, 9.17) is 18.6 Å². The Morgan fingerprint density at radius 2 is 1.79 bits per heavy atom. The van der Waals surface area contributed by atoms with Crippen LogP contribution in [0.3, 0.4) is 0 Å². The standard InChI is InChI=1S/C10H14O.2ClH.Ti/c1-7(2)9-6-8(3)4-5-10(9)11;;;/h4-7,11H,1-3H3;2*1H;/q;;;+2/p-2. The number of hydrogen-bond donors (Lipinski definition) is 1. The third kappa shape index (κ3) is 5.26. The van der Waals surface area contributed by atoms with E-state index >= 15 is 0 Å². The SMILES string of the molecule is Cc1ccc(O)c(C(C)C)c1.[Cl][Ti][Cl]. The van der Waals surface area contributed by atoms with Gasteiger partial charge in [0.1, 0.15) is 5.75 Å². The Bertz CT molecular complexity index is 277. The van der Waals surface area contributed by atoms with Crippen LogP contribution in [0.4, 0.5) is 0 Å². The summed E-state index contributed by atoms with van der Waals surface area (Å²) in [5.74, 6) is 0.806. The van der Waals surface area contributed by atoms with Crippen LogP contribution in [0.5, 0.6) is 5.75 Å². The summed E-state index contributed by atoms with van der Waals surface area (Å²) in [6.07, 6.45) is 0. The molecular weight excluding hydrogens is 255 g/mol. The molecule has 1 nitrogen and oxygen atoms in total. The molecule has 0 saturated heterocycles. The summed E-state index contributed by atoms with van der Waals surface area (Å²) in [5, 5.41) is 9.41. The van der Waals surface area contributed by atoms with Gasteiger partial charge < -0.3 is 5.11 Å². The summed E-state index contributed by atoms with van der Waals surface area (Å²) in [4.78, 5) is 0. The van der Waals surface area contributed by atoms with Crippen molar-refractivity contribution < 1.29 is 22.1 Å². The minimum absolute atomic E-state index is 0.398. The Kier molecular flexibility index (Phi) is 7.76. The first-order valence-corrected chi connectivity index (χ1v) is 8.58. The van der Waals surface area contributed by atoms with Gasteiger partial charge in [-0.15, -0.1) is 0 Å². The number of rotatable bonds is 1. The number of aromatic hydroxyl groups is 1. The maximum absolute atomic E-state index is 9.41. The quantitative estimate of drug-likeness (QED) is 0.757. The summed E-state index contributed by atoms with van der Waals surface area (Å²) in [6.45, 7) is 6.19. The minimum atomic E-state index is -0.556. The fourth-order valence-electron chi connectivity index (χ4n) is 1.14. The number of hydrogen-bond acceptors (Lipinski definition) is 1. The number of benzene rings is 1. The van der Waals surface area contributed by atoms with Crippen molar-refractivity contribution in [3.63, 3.8) is 0 Å². The van der Waals surface area contributed by atoms with Crippen LogP contribution in [0, 0.1) is 6.92 Å². The molecule has 0 aliphatic heterocycles. The van der Waals surface area contributed by atoms with Gasteiger partial charge in [-0.3, -0.25) is 0 Å². The Labute approximate surface area is 102 Å². The molecule has 0 fully saturated rings. The average molecular weight is 269 g/mol. The molecule has 0 bridgehead atoms. The van der Waals surface area contributed by atoms with Crippen LogP contribution in [0.1, 0.15) is 30.9 Å². The summed E-state index contributed by atoms with van der Waals surface area (Å²) in [7, 11) is 9.78. The van der Waals surface area contributed by atoms with Gasteiger partial charge in [-0.2, -0.15) is 0 Å². The number of phenolic OH excluding ortho intramolecular Hbond substituents is 1. The summed E-state index contributed by atoms with van der Waals surface area (Å²) < 4.78 is 0. The molecule has 0 amide bonds. The van der Waals surface area contributed by atoms with E-state index in [1.165, 1.54) is 5.56 Å². The molecule has 0 aromatic heterocycles. The monoisotopic (exact) mass is 268 g/mol. The van der Waals surface area contributed by atoms with Crippen LogP contribution >= 0.6 is 18.6 Å². The normalized spacial score (nSPS) is 9.29. The molecule has 0 radical (unpaired) electrons. The van der Waals surface area contributed by atoms with E-state index in [1.54, 1.807) is 6.07 Å². The van der Waals surface area contributed by atoms with Gasteiger partial charge in [0.2, 0.25) is 0 Å². The van der Waals surface area contributed by atoms with Crippen LogP contribution < -0.4 is 0 Å². The van der Waals surface area contributed by atoms with Crippen molar-refractivity contribution in [2.45, 2.75) is 26.7 Å². The van der Waals surface area contributed by atoms with Gasteiger partial charge in [0.15, 0.2) is 0 Å². The molecule has 1 aromatic rings. The zero-order chi connectivity index (χ0) is 11.1. The Balaban J connectivity index is 0.000000500. The third-order valence-electron chi connectivity index (χ3n) is 1.81. The molecule has 4 heteroatoms. The van der Waals surface area contributed by atoms with Crippen LogP contribution in [0.2, 0.25) is 0 Å². The summed E-state index contributed by atoms with van der Waals surface area (Å²) >= 11 is -0.556. The van der Waals surface area contributed by atoms with Gasteiger partial charge in [-0.05, 0) is 24.5 Å². The number of halogens is 2. The fraction of sp³-hybridized carbons (Fsp3) is 0.400. The molecule has 0 unspecified atom stereocenters. The molecule has 78 valence electrons. The third-order valence-corrected chi connectivity index (χ3v) is 1.81. The molecule has 1 aromatic carbocycles. The molecule has 0 aliphatic carbocycles. The van der Waals surface area contributed by atoms with E-state index < -0.39 is 17.0 Å². The molecular formula is C10H14Cl2OTi. The predicted octanol–water partition coefficient (Wildman–Crippen LogP) is 4.20. The zero-order valence-electron chi connectivity index (χ0n) is 8.51. The Hall–Kier alpha value is 0.314. The number of phenols is 1. The molecule has 0 aliphatic rings. The average Bonchev–Trinajstić information content (AvgIpc) is 2.10. The van der Waals surface area contributed by atoms with Crippen LogP contribution in [-0.4, -0.2) is 5.11 Å². The zero-order valence-corrected chi connectivity index (χ0v) is 11.6. The number of aryl methyl sites for hydroxylation is 1. The second-order valence-corrected chi connectivity index (χ2v) is 5.87. The van der Waals surface area contributed by atoms with E-state index in [-0.39, 0.29) is 0 Å². The molecule has 1 rings (SSSR count). The molecule has 1 N–H and O–H groups in total. The van der Waals surface area contributed by atoms with Gasteiger partial charge in [0, 0.05) is 0 Å². The second-order valence-electron chi connectivity index (χ2n) is 3.29. The molecule has 0 atom stereocenters.